The van der Waals surface area contributed by atoms with Gasteiger partial charge >= 0.3 is 0 Å². The molecule has 1 aromatic carbocycles. The summed E-state index contributed by atoms with van der Waals surface area (Å²) in [5, 5.41) is 0. The average molecular weight is 339 g/mol. The fourth-order valence-corrected chi connectivity index (χ4v) is 1.76. The summed E-state index contributed by atoms with van der Waals surface area (Å²) in [6.07, 6.45) is 4.38. The Morgan fingerprint density at radius 2 is 1.68 bits per heavy atom. The quantitative estimate of drug-likeness (QED) is 0.706. The molecule has 0 spiro atoms. The maximum absolute atomic E-state index is 13.7. The summed E-state index contributed by atoms with van der Waals surface area (Å²) in [6, 6.07) is 1.30. The van der Waals surface area contributed by atoms with Crippen LogP contribution in [-0.2, 0) is 32.7 Å². The third-order valence-electron chi connectivity index (χ3n) is 2.86. The van der Waals surface area contributed by atoms with E-state index in [0.29, 0.717) is 17.8 Å². The molecule has 97 valence electrons. The second-order valence-electron chi connectivity index (χ2n) is 4.07. The van der Waals surface area contributed by atoms with Gasteiger partial charge in [-0.2, -0.15) is 12.2 Å². The van der Waals surface area contributed by atoms with Crippen LogP contribution < -0.4 is 0 Å². The van der Waals surface area contributed by atoms with Gasteiger partial charge in [-0.25, -0.2) is 13.2 Å². The summed E-state index contributed by atoms with van der Waals surface area (Å²) in [7, 11) is 1.63. The summed E-state index contributed by atoms with van der Waals surface area (Å²) in [5.41, 5.74) is 1.36. The van der Waals surface area contributed by atoms with E-state index in [2.05, 4.69) is 12.7 Å². The molecule has 19 heavy (non-hydrogen) atoms. The number of likely N-dealkylation sites (N-methyl/N-ethyl adjacent to an activating group) is 1. The monoisotopic (exact) mass is 339 g/mol. The van der Waals surface area contributed by atoms with Gasteiger partial charge in [0.25, 0.3) is 0 Å². The van der Waals surface area contributed by atoms with Gasteiger partial charge in [0, 0.05) is 39.8 Å². The summed E-state index contributed by atoms with van der Waals surface area (Å²) >= 11 is 0. The van der Waals surface area contributed by atoms with Gasteiger partial charge in [0.2, 0.25) is 0 Å². The Labute approximate surface area is 135 Å². The molecule has 1 aromatic rings. The van der Waals surface area contributed by atoms with Crippen molar-refractivity contribution in [3.05, 3.63) is 65.1 Å². The molecule has 1 aliphatic heterocycles. The summed E-state index contributed by atoms with van der Waals surface area (Å²) < 4.78 is 40.2. The predicted octanol–water partition coefficient (Wildman–Crippen LogP) is 3.65. The van der Waals surface area contributed by atoms with E-state index >= 15 is 0 Å². The first-order valence-corrected chi connectivity index (χ1v) is 5.30. The number of halogens is 3. The molecule has 1 heterocycles. The third-order valence-corrected chi connectivity index (χ3v) is 2.86. The van der Waals surface area contributed by atoms with E-state index in [4.69, 9.17) is 0 Å². The minimum atomic E-state index is -0.956. The van der Waals surface area contributed by atoms with E-state index in [1.54, 1.807) is 13.1 Å². The van der Waals surface area contributed by atoms with Crippen LogP contribution in [-0.4, -0.2) is 11.9 Å². The maximum atomic E-state index is 13.7. The van der Waals surface area contributed by atoms with Gasteiger partial charge < -0.3 is 4.90 Å². The molecule has 1 radical (unpaired) electrons. The SMILES string of the molecule is C=C1C(C)=C[C-]=C(c2c(F)cc(F)cc2F)N1C.[Y]. The van der Waals surface area contributed by atoms with Crippen molar-refractivity contribution < 1.29 is 45.9 Å². The fraction of sp³-hybridized carbons (Fsp3) is 0.143. The zero-order chi connectivity index (χ0) is 13.4. The molecule has 0 aliphatic carbocycles. The van der Waals surface area contributed by atoms with E-state index < -0.39 is 17.5 Å². The molecule has 0 N–H and O–H groups in total. The van der Waals surface area contributed by atoms with Crippen molar-refractivity contribution in [3.8, 4) is 0 Å². The summed E-state index contributed by atoms with van der Waals surface area (Å²) in [5.74, 6) is -2.86. The summed E-state index contributed by atoms with van der Waals surface area (Å²) in [6.45, 7) is 5.63. The standard InChI is InChI=1S/C14H11F3N.Y/c1-8-4-5-13(18(3)9(8)2)14-11(16)6-10(15)7-12(14)17;/h4,6-7H,2H2,1,3H3;/q-1;. The normalized spacial score (nSPS) is 14.8. The zero-order valence-corrected chi connectivity index (χ0v) is 13.4. The van der Waals surface area contributed by atoms with Crippen LogP contribution >= 0.6 is 0 Å². The van der Waals surface area contributed by atoms with Crippen LogP contribution in [0.3, 0.4) is 0 Å². The minimum absolute atomic E-state index is 0. The number of hydrogen-bond donors (Lipinski definition) is 0. The van der Waals surface area contributed by atoms with E-state index in [0.717, 1.165) is 5.57 Å². The van der Waals surface area contributed by atoms with Crippen molar-refractivity contribution in [2.75, 3.05) is 7.05 Å². The number of hydrogen-bond acceptors (Lipinski definition) is 1. The van der Waals surface area contributed by atoms with Gasteiger partial charge in [-0.1, -0.05) is 19.2 Å². The number of benzene rings is 1. The van der Waals surface area contributed by atoms with Crippen LogP contribution in [0.25, 0.3) is 5.70 Å². The van der Waals surface area contributed by atoms with Crippen molar-refractivity contribution in [1.82, 2.24) is 4.90 Å². The molecule has 0 saturated heterocycles. The molecular weight excluding hydrogens is 328 g/mol. The van der Waals surface area contributed by atoms with Crippen LogP contribution in [0.5, 0.6) is 0 Å². The second kappa shape index (κ2) is 6.06. The second-order valence-corrected chi connectivity index (χ2v) is 4.07. The molecule has 1 nitrogen and oxygen atoms in total. The molecule has 0 aromatic heterocycles. The minimum Gasteiger partial charge on any atom is -0.378 e. The number of rotatable bonds is 1. The maximum Gasteiger partial charge on any atom is 0.126 e. The number of nitrogens with zero attached hydrogens (tertiary/aromatic N) is 1. The molecular formula is C14H11F3NY-. The van der Waals surface area contributed by atoms with Gasteiger partial charge in [0.1, 0.15) is 5.82 Å². The Morgan fingerprint density at radius 1 is 1.16 bits per heavy atom. The van der Waals surface area contributed by atoms with Gasteiger partial charge in [-0.15, -0.1) is 5.57 Å². The first-order chi connectivity index (χ1) is 8.41. The van der Waals surface area contributed by atoms with Crippen molar-refractivity contribution in [1.29, 1.82) is 0 Å². The van der Waals surface area contributed by atoms with Gasteiger partial charge in [0.05, 0.1) is 11.6 Å². The summed E-state index contributed by atoms with van der Waals surface area (Å²) in [4.78, 5) is 1.52. The predicted molar refractivity (Wildman–Crippen MR) is 63.6 cm³/mol. The van der Waals surface area contributed by atoms with E-state index in [1.807, 2.05) is 6.92 Å². The average Bonchev–Trinajstić information content (AvgIpc) is 2.28. The van der Waals surface area contributed by atoms with Crippen LogP contribution in [0.15, 0.2) is 36.1 Å². The van der Waals surface area contributed by atoms with E-state index in [9.17, 15) is 13.2 Å². The first-order valence-electron chi connectivity index (χ1n) is 5.30. The molecule has 5 heteroatoms. The fourth-order valence-electron chi connectivity index (χ4n) is 1.76. The molecule has 0 amide bonds. The van der Waals surface area contributed by atoms with Crippen LogP contribution in [0.2, 0.25) is 0 Å². The molecule has 2 rings (SSSR count). The Kier molecular flexibility index (Phi) is 5.16. The van der Waals surface area contributed by atoms with Gasteiger partial charge in [-0.05, 0) is 23.4 Å². The zero-order valence-electron chi connectivity index (χ0n) is 10.6. The van der Waals surface area contributed by atoms with Crippen molar-refractivity contribution in [3.63, 3.8) is 0 Å². The molecule has 1 aliphatic rings. The van der Waals surface area contributed by atoms with Crippen LogP contribution in [0, 0.1) is 23.5 Å². The Balaban J connectivity index is 0.00000180. The molecule has 0 atom stereocenters. The van der Waals surface area contributed by atoms with E-state index in [1.165, 1.54) is 4.90 Å². The van der Waals surface area contributed by atoms with Gasteiger partial charge in [0.15, 0.2) is 0 Å². The molecule has 0 unspecified atom stereocenters. The molecule has 0 bridgehead atoms. The topological polar surface area (TPSA) is 3.24 Å². The first kappa shape index (κ1) is 16.2. The van der Waals surface area contributed by atoms with Crippen molar-refractivity contribution in [2.45, 2.75) is 6.92 Å². The van der Waals surface area contributed by atoms with Gasteiger partial charge in [-0.3, -0.25) is 0 Å². The largest absolute Gasteiger partial charge is 0.378 e. The third kappa shape index (κ3) is 3.01. The van der Waals surface area contributed by atoms with E-state index in [-0.39, 0.29) is 44.0 Å². The number of allylic oxidation sites excluding steroid dienone is 3. The van der Waals surface area contributed by atoms with Crippen molar-refractivity contribution in [2.24, 2.45) is 0 Å². The smallest absolute Gasteiger partial charge is 0.126 e. The van der Waals surface area contributed by atoms with Crippen LogP contribution in [0.1, 0.15) is 12.5 Å². The molecule has 0 saturated carbocycles. The Hall–Kier alpha value is -0.866. The Morgan fingerprint density at radius 3 is 2.21 bits per heavy atom. The Bertz CT molecular complexity index is 567. The van der Waals surface area contributed by atoms with Crippen LogP contribution in [0.4, 0.5) is 13.2 Å². The van der Waals surface area contributed by atoms with Crippen molar-refractivity contribution >= 4 is 5.70 Å². The molecule has 0 fully saturated rings.